The van der Waals surface area contributed by atoms with Gasteiger partial charge in [-0.1, -0.05) is 6.92 Å². The molecule has 7 heteroatoms. The lowest BCUT2D eigenvalue weighted by Gasteiger charge is -2.16. The number of ether oxygens (including phenoxy) is 1. The molecule has 7 nitrogen and oxygen atoms in total. The first kappa shape index (κ1) is 18.3. The SMILES string of the molecule is CCOc1ccc(NC(=O)Cn2ccn3nc4c(c3c2=O)C[C@@H](C)CC4)cc1. The first-order valence-corrected chi connectivity index (χ1v) is 9.67. The van der Waals surface area contributed by atoms with Gasteiger partial charge in [0.25, 0.3) is 5.56 Å². The summed E-state index contributed by atoms with van der Waals surface area (Å²) in [5, 5.41) is 7.37. The van der Waals surface area contributed by atoms with Crippen LogP contribution in [0, 0.1) is 5.92 Å². The molecule has 0 radical (unpaired) electrons. The van der Waals surface area contributed by atoms with Gasteiger partial charge < -0.3 is 14.6 Å². The Hall–Kier alpha value is -3.09. The molecule has 146 valence electrons. The van der Waals surface area contributed by atoms with E-state index in [9.17, 15) is 9.59 Å². The summed E-state index contributed by atoms with van der Waals surface area (Å²) in [4.78, 5) is 25.4. The molecule has 0 bridgehead atoms. The minimum atomic E-state index is -0.252. The fraction of sp³-hybridized carbons (Fsp3) is 0.381. The van der Waals surface area contributed by atoms with Gasteiger partial charge in [0.15, 0.2) is 0 Å². The summed E-state index contributed by atoms with van der Waals surface area (Å²) in [6, 6.07) is 7.17. The molecule has 1 atom stereocenters. The maximum Gasteiger partial charge on any atom is 0.277 e. The number of aromatic nitrogens is 3. The highest BCUT2D eigenvalue weighted by Gasteiger charge is 2.23. The summed E-state index contributed by atoms with van der Waals surface area (Å²) in [6.45, 7) is 4.66. The van der Waals surface area contributed by atoms with Crippen molar-refractivity contribution in [2.24, 2.45) is 5.92 Å². The van der Waals surface area contributed by atoms with Crippen LogP contribution in [0.1, 0.15) is 31.5 Å². The maximum atomic E-state index is 13.0. The Labute approximate surface area is 162 Å². The molecule has 3 aromatic rings. The molecule has 1 N–H and O–H groups in total. The van der Waals surface area contributed by atoms with Crippen LogP contribution >= 0.6 is 0 Å². The van der Waals surface area contributed by atoms with Crippen LogP contribution in [0.3, 0.4) is 0 Å². The highest BCUT2D eigenvalue weighted by Crippen LogP contribution is 2.26. The molecule has 2 aromatic heterocycles. The highest BCUT2D eigenvalue weighted by atomic mass is 16.5. The Balaban J connectivity index is 1.54. The smallest absolute Gasteiger partial charge is 0.277 e. The number of nitrogens with zero attached hydrogens (tertiary/aromatic N) is 3. The van der Waals surface area contributed by atoms with Crippen LogP contribution in [0.5, 0.6) is 5.75 Å². The number of rotatable bonds is 5. The number of hydrogen-bond acceptors (Lipinski definition) is 4. The van der Waals surface area contributed by atoms with E-state index >= 15 is 0 Å². The summed E-state index contributed by atoms with van der Waals surface area (Å²) in [6.07, 6.45) is 6.22. The van der Waals surface area contributed by atoms with Crippen LogP contribution in [-0.2, 0) is 24.2 Å². The topological polar surface area (TPSA) is 77.6 Å². The third-order valence-corrected chi connectivity index (χ3v) is 5.13. The monoisotopic (exact) mass is 380 g/mol. The van der Waals surface area contributed by atoms with Gasteiger partial charge in [0, 0.05) is 23.6 Å². The normalized spacial score (nSPS) is 16.0. The zero-order valence-corrected chi connectivity index (χ0v) is 16.1. The average Bonchev–Trinajstić information content (AvgIpc) is 3.04. The van der Waals surface area contributed by atoms with Crippen molar-refractivity contribution in [2.75, 3.05) is 11.9 Å². The Morgan fingerprint density at radius 1 is 1.29 bits per heavy atom. The van der Waals surface area contributed by atoms with Gasteiger partial charge in [0.05, 0.1) is 12.3 Å². The van der Waals surface area contributed by atoms with Gasteiger partial charge in [-0.25, -0.2) is 4.52 Å². The molecule has 1 aromatic carbocycles. The fourth-order valence-corrected chi connectivity index (χ4v) is 3.73. The Morgan fingerprint density at radius 2 is 2.07 bits per heavy atom. The van der Waals surface area contributed by atoms with Crippen LogP contribution in [0.4, 0.5) is 5.69 Å². The first-order chi connectivity index (χ1) is 13.5. The van der Waals surface area contributed by atoms with Crippen molar-refractivity contribution >= 4 is 17.1 Å². The number of fused-ring (bicyclic) bond motifs is 3. The van der Waals surface area contributed by atoms with Crippen LogP contribution < -0.4 is 15.6 Å². The number of carbonyl (C=O) groups excluding carboxylic acids is 1. The lowest BCUT2D eigenvalue weighted by atomic mass is 9.88. The summed E-state index contributed by atoms with van der Waals surface area (Å²) < 4.78 is 8.50. The summed E-state index contributed by atoms with van der Waals surface area (Å²) in [5.74, 6) is 1.04. The number of nitrogens with one attached hydrogen (secondary N) is 1. The molecule has 0 unspecified atom stereocenters. The number of benzene rings is 1. The summed E-state index contributed by atoms with van der Waals surface area (Å²) in [5.41, 5.74) is 3.13. The molecule has 0 saturated carbocycles. The second-order valence-corrected chi connectivity index (χ2v) is 7.30. The quantitative estimate of drug-likeness (QED) is 0.738. The van der Waals surface area contributed by atoms with Crippen molar-refractivity contribution in [1.29, 1.82) is 0 Å². The van der Waals surface area contributed by atoms with Crippen molar-refractivity contribution in [2.45, 2.75) is 39.7 Å². The third kappa shape index (κ3) is 3.52. The van der Waals surface area contributed by atoms with Crippen LogP contribution in [0.25, 0.3) is 5.52 Å². The van der Waals surface area contributed by atoms with Gasteiger partial charge in [-0.3, -0.25) is 9.59 Å². The molecule has 0 fully saturated rings. The zero-order valence-electron chi connectivity index (χ0n) is 16.1. The predicted molar refractivity (Wildman–Crippen MR) is 107 cm³/mol. The minimum absolute atomic E-state index is 0.0436. The molecule has 1 amide bonds. The molecule has 28 heavy (non-hydrogen) atoms. The maximum absolute atomic E-state index is 13.0. The van der Waals surface area contributed by atoms with Crippen LogP contribution in [0.15, 0.2) is 41.5 Å². The zero-order chi connectivity index (χ0) is 19.7. The van der Waals surface area contributed by atoms with Gasteiger partial charge in [-0.2, -0.15) is 5.10 Å². The molecular formula is C21H24N4O3. The predicted octanol–water partition coefficient (Wildman–Crippen LogP) is 2.66. The van der Waals surface area contributed by atoms with Crippen molar-refractivity contribution in [1.82, 2.24) is 14.2 Å². The molecule has 1 aliphatic rings. The van der Waals surface area contributed by atoms with Gasteiger partial charge in [-0.15, -0.1) is 0 Å². The average molecular weight is 380 g/mol. The summed E-state index contributed by atoms with van der Waals surface area (Å²) >= 11 is 0. The van der Waals surface area contributed by atoms with E-state index in [-0.39, 0.29) is 18.0 Å². The lowest BCUT2D eigenvalue weighted by molar-refractivity contribution is -0.116. The third-order valence-electron chi connectivity index (χ3n) is 5.13. The number of hydrogen-bond donors (Lipinski definition) is 1. The van der Waals surface area contributed by atoms with Crippen molar-refractivity contribution in [3.05, 3.63) is 58.3 Å². The molecular weight excluding hydrogens is 356 g/mol. The van der Waals surface area contributed by atoms with Crippen LogP contribution in [-0.4, -0.2) is 26.7 Å². The molecule has 2 heterocycles. The Kier molecular flexibility index (Phi) is 4.90. The van der Waals surface area contributed by atoms with Crippen molar-refractivity contribution < 1.29 is 9.53 Å². The van der Waals surface area contributed by atoms with Crippen molar-refractivity contribution in [3.63, 3.8) is 0 Å². The second-order valence-electron chi connectivity index (χ2n) is 7.30. The van der Waals surface area contributed by atoms with E-state index in [0.717, 1.165) is 36.3 Å². The number of carbonyl (C=O) groups is 1. The van der Waals surface area contributed by atoms with E-state index < -0.39 is 0 Å². The van der Waals surface area contributed by atoms with Crippen molar-refractivity contribution in [3.8, 4) is 5.75 Å². The molecule has 4 rings (SSSR count). The number of aryl methyl sites for hydroxylation is 1. The molecule has 0 saturated heterocycles. The number of anilines is 1. The van der Waals surface area contributed by atoms with E-state index in [1.54, 1.807) is 41.2 Å². The largest absolute Gasteiger partial charge is 0.494 e. The molecule has 0 spiro atoms. The second kappa shape index (κ2) is 7.50. The van der Waals surface area contributed by atoms with Gasteiger partial charge >= 0.3 is 0 Å². The standard InChI is InChI=1S/C21H24N4O3/c1-3-28-16-7-5-15(6-8-16)22-19(26)13-24-10-11-25-20(21(24)27)17-12-14(2)4-9-18(17)23-25/h5-8,10-11,14H,3-4,9,12-13H2,1-2H3,(H,22,26)/t14-/m0/s1. The van der Waals surface area contributed by atoms with E-state index in [2.05, 4.69) is 17.3 Å². The molecule has 0 aliphatic heterocycles. The Morgan fingerprint density at radius 3 is 2.82 bits per heavy atom. The van der Waals surface area contributed by atoms with E-state index in [0.29, 0.717) is 23.7 Å². The number of amides is 1. The van der Waals surface area contributed by atoms with Gasteiger partial charge in [-0.05, 0) is 56.4 Å². The Bertz CT molecular complexity index is 1070. The van der Waals surface area contributed by atoms with Crippen LogP contribution in [0.2, 0.25) is 0 Å². The lowest BCUT2D eigenvalue weighted by Crippen LogP contribution is -2.28. The van der Waals surface area contributed by atoms with Gasteiger partial charge in [0.2, 0.25) is 5.91 Å². The minimum Gasteiger partial charge on any atom is -0.494 e. The van der Waals surface area contributed by atoms with E-state index in [1.165, 1.54) is 4.57 Å². The fourth-order valence-electron chi connectivity index (χ4n) is 3.73. The van der Waals surface area contributed by atoms with E-state index in [1.807, 2.05) is 6.92 Å². The first-order valence-electron chi connectivity index (χ1n) is 9.67. The van der Waals surface area contributed by atoms with E-state index in [4.69, 9.17) is 4.74 Å². The van der Waals surface area contributed by atoms with Gasteiger partial charge in [0.1, 0.15) is 17.8 Å². The highest BCUT2D eigenvalue weighted by molar-refractivity contribution is 5.90. The molecule has 1 aliphatic carbocycles. The summed E-state index contributed by atoms with van der Waals surface area (Å²) in [7, 11) is 0.